The SMILES string of the molecule is CCOCCN(C[C@@H](O)CN1CCCC2(CCc3c(ccc4[nH]ncc34)O2)C1)S(=O)(=O)c1c(C)cccc1C. The molecule has 3 aromatic rings. The van der Waals surface area contributed by atoms with Crippen LogP contribution in [0.4, 0.5) is 0 Å². The van der Waals surface area contributed by atoms with Crippen LogP contribution in [-0.2, 0) is 21.2 Å². The van der Waals surface area contributed by atoms with Crippen molar-refractivity contribution in [2.24, 2.45) is 0 Å². The van der Waals surface area contributed by atoms with Crippen LogP contribution in [0.1, 0.15) is 42.9 Å². The first-order chi connectivity index (χ1) is 18.7. The second-order valence-electron chi connectivity index (χ2n) is 10.9. The Morgan fingerprint density at radius 2 is 2.03 bits per heavy atom. The van der Waals surface area contributed by atoms with Crippen LogP contribution < -0.4 is 4.74 Å². The van der Waals surface area contributed by atoms with Gasteiger partial charge in [0.1, 0.15) is 11.4 Å². The maximum atomic E-state index is 13.7. The van der Waals surface area contributed by atoms with Crippen LogP contribution in [0.5, 0.6) is 5.75 Å². The molecular weight excluding hydrogens is 516 g/mol. The first-order valence-electron chi connectivity index (χ1n) is 13.9. The number of benzene rings is 2. The first-order valence-corrected chi connectivity index (χ1v) is 15.3. The van der Waals surface area contributed by atoms with E-state index in [1.165, 1.54) is 9.87 Å². The number of nitrogens with one attached hydrogen (secondary N) is 1. The monoisotopic (exact) mass is 556 g/mol. The minimum Gasteiger partial charge on any atom is -0.486 e. The van der Waals surface area contributed by atoms with Crippen molar-refractivity contribution in [3.8, 4) is 5.75 Å². The number of aryl methyl sites for hydroxylation is 3. The lowest BCUT2D eigenvalue weighted by Gasteiger charge is -2.46. The molecule has 2 atom stereocenters. The number of ether oxygens (including phenoxy) is 2. The van der Waals surface area contributed by atoms with Crippen LogP contribution in [-0.4, -0.2) is 90.6 Å². The standard InChI is InChI=1S/C29H40N4O5S/c1-4-37-16-15-33(39(35,36)28-21(2)7-5-8-22(28)3)19-23(34)18-32-14-6-12-29(20-32)13-11-24-25-17-30-31-26(25)9-10-27(24)38-29/h5,7-10,17,23,34H,4,6,11-16,18-20H2,1-3H3,(H,30,31)/t23-,29?/m0/s1. The molecule has 1 unspecified atom stereocenters. The minimum atomic E-state index is -3.81. The van der Waals surface area contributed by atoms with Crippen molar-refractivity contribution in [1.82, 2.24) is 19.4 Å². The number of aromatic amines is 1. The minimum absolute atomic E-state index is 0.00877. The number of β-amino-alcohol motifs (C(OH)–C–C–N with tert-alkyl or cyclic N) is 1. The summed E-state index contributed by atoms with van der Waals surface area (Å²) in [5.74, 6) is 0.916. The molecule has 2 aliphatic heterocycles. The van der Waals surface area contributed by atoms with E-state index in [0.29, 0.717) is 35.7 Å². The van der Waals surface area contributed by atoms with Gasteiger partial charge in [-0.05, 0) is 76.3 Å². The van der Waals surface area contributed by atoms with E-state index >= 15 is 0 Å². The van der Waals surface area contributed by atoms with E-state index in [4.69, 9.17) is 9.47 Å². The van der Waals surface area contributed by atoms with E-state index in [9.17, 15) is 13.5 Å². The van der Waals surface area contributed by atoms with Crippen molar-refractivity contribution in [3.63, 3.8) is 0 Å². The molecule has 9 nitrogen and oxygen atoms in total. The molecule has 212 valence electrons. The van der Waals surface area contributed by atoms with Gasteiger partial charge in [-0.3, -0.25) is 10.00 Å². The Morgan fingerprint density at radius 3 is 2.79 bits per heavy atom. The highest BCUT2D eigenvalue weighted by Gasteiger charge is 2.41. The molecule has 0 bridgehead atoms. The highest BCUT2D eigenvalue weighted by molar-refractivity contribution is 7.89. The molecule has 2 aliphatic rings. The molecule has 5 rings (SSSR count). The number of piperidine rings is 1. The van der Waals surface area contributed by atoms with Crippen molar-refractivity contribution in [2.45, 2.75) is 63.1 Å². The summed E-state index contributed by atoms with van der Waals surface area (Å²) >= 11 is 0. The van der Waals surface area contributed by atoms with Crippen LogP contribution in [0.25, 0.3) is 10.9 Å². The van der Waals surface area contributed by atoms with Crippen molar-refractivity contribution < 1.29 is 23.0 Å². The topological polar surface area (TPSA) is 108 Å². The summed E-state index contributed by atoms with van der Waals surface area (Å²) < 4.78 is 41.0. The highest BCUT2D eigenvalue weighted by atomic mass is 32.2. The van der Waals surface area contributed by atoms with Gasteiger partial charge in [0.2, 0.25) is 10.0 Å². The Morgan fingerprint density at radius 1 is 1.23 bits per heavy atom. The number of hydrogen-bond donors (Lipinski definition) is 2. The van der Waals surface area contributed by atoms with E-state index in [-0.39, 0.29) is 25.3 Å². The predicted octanol–water partition coefficient (Wildman–Crippen LogP) is 3.43. The third-order valence-corrected chi connectivity index (χ3v) is 10.2. The number of nitrogens with zero attached hydrogens (tertiary/aromatic N) is 3. The quantitative estimate of drug-likeness (QED) is 0.369. The van der Waals surface area contributed by atoms with E-state index in [1.807, 2.05) is 57.3 Å². The number of aliphatic hydroxyl groups excluding tert-OH is 1. The van der Waals surface area contributed by atoms with Crippen LogP contribution in [0.2, 0.25) is 0 Å². The lowest BCUT2D eigenvalue weighted by molar-refractivity contribution is -0.0362. The fraction of sp³-hybridized carbons (Fsp3) is 0.552. The van der Waals surface area contributed by atoms with E-state index < -0.39 is 16.1 Å². The molecule has 39 heavy (non-hydrogen) atoms. The van der Waals surface area contributed by atoms with Crippen molar-refractivity contribution >= 4 is 20.9 Å². The van der Waals surface area contributed by atoms with Crippen molar-refractivity contribution in [3.05, 3.63) is 53.2 Å². The van der Waals surface area contributed by atoms with Gasteiger partial charge < -0.3 is 14.6 Å². The van der Waals surface area contributed by atoms with Gasteiger partial charge >= 0.3 is 0 Å². The molecule has 0 radical (unpaired) electrons. The Balaban J connectivity index is 1.28. The maximum Gasteiger partial charge on any atom is 0.243 e. The van der Waals surface area contributed by atoms with Gasteiger partial charge in [-0.15, -0.1) is 0 Å². The molecule has 1 saturated heterocycles. The largest absolute Gasteiger partial charge is 0.486 e. The number of hydrogen-bond acceptors (Lipinski definition) is 7. The van der Waals surface area contributed by atoms with Gasteiger partial charge in [0.25, 0.3) is 0 Å². The summed E-state index contributed by atoms with van der Waals surface area (Å²) in [6.45, 7) is 8.41. The van der Waals surface area contributed by atoms with Gasteiger partial charge in [-0.2, -0.15) is 9.40 Å². The number of H-pyrrole nitrogens is 1. The highest BCUT2D eigenvalue weighted by Crippen LogP contribution is 2.41. The normalized spacial score (nSPS) is 20.8. The molecule has 10 heteroatoms. The Hall–Kier alpha value is -2.50. The third-order valence-electron chi connectivity index (χ3n) is 8.05. The van der Waals surface area contributed by atoms with Crippen molar-refractivity contribution in [2.75, 3.05) is 45.9 Å². The molecule has 2 N–H and O–H groups in total. The average Bonchev–Trinajstić information content (AvgIpc) is 3.37. The zero-order chi connectivity index (χ0) is 27.6. The van der Waals surface area contributed by atoms with E-state index in [0.717, 1.165) is 48.9 Å². The smallest absolute Gasteiger partial charge is 0.243 e. The summed E-state index contributed by atoms with van der Waals surface area (Å²) in [5.41, 5.74) is 3.32. The van der Waals surface area contributed by atoms with Crippen LogP contribution in [0.3, 0.4) is 0 Å². The van der Waals surface area contributed by atoms with E-state index in [1.54, 1.807) is 0 Å². The fourth-order valence-corrected chi connectivity index (χ4v) is 8.12. The predicted molar refractivity (Wildman–Crippen MR) is 151 cm³/mol. The van der Waals surface area contributed by atoms with Gasteiger partial charge in [0, 0.05) is 43.7 Å². The number of aromatic nitrogens is 2. The second kappa shape index (κ2) is 11.5. The van der Waals surface area contributed by atoms with Gasteiger partial charge in [-0.1, -0.05) is 18.2 Å². The van der Waals surface area contributed by atoms with E-state index in [2.05, 4.69) is 15.1 Å². The molecule has 1 aromatic heterocycles. The molecule has 1 spiro atoms. The number of sulfonamides is 1. The Kier molecular flexibility index (Phi) is 8.30. The Bertz CT molecular complexity index is 1390. The molecule has 3 heterocycles. The molecule has 0 aliphatic carbocycles. The van der Waals surface area contributed by atoms with Crippen molar-refractivity contribution in [1.29, 1.82) is 0 Å². The van der Waals surface area contributed by atoms with Gasteiger partial charge in [-0.25, -0.2) is 8.42 Å². The maximum absolute atomic E-state index is 13.7. The zero-order valence-corrected chi connectivity index (χ0v) is 24.0. The average molecular weight is 557 g/mol. The summed E-state index contributed by atoms with van der Waals surface area (Å²) in [4.78, 5) is 2.54. The molecule has 2 aromatic carbocycles. The van der Waals surface area contributed by atoms with Gasteiger partial charge in [0.05, 0.1) is 29.3 Å². The lowest BCUT2D eigenvalue weighted by Crippen LogP contribution is -2.55. The fourth-order valence-electron chi connectivity index (χ4n) is 6.23. The molecular formula is C29H40N4O5S. The summed E-state index contributed by atoms with van der Waals surface area (Å²) in [7, 11) is -3.81. The summed E-state index contributed by atoms with van der Waals surface area (Å²) in [5, 5.41) is 19.5. The lowest BCUT2D eigenvalue weighted by atomic mass is 9.83. The first kappa shape index (κ1) is 28.0. The van der Waals surface area contributed by atoms with Crippen LogP contribution in [0, 0.1) is 13.8 Å². The summed E-state index contributed by atoms with van der Waals surface area (Å²) in [6, 6.07) is 9.52. The third kappa shape index (κ3) is 5.85. The Labute approximate surface area is 231 Å². The number of fused-ring (bicyclic) bond motifs is 3. The van der Waals surface area contributed by atoms with Crippen LogP contribution in [0.15, 0.2) is 41.4 Å². The molecule has 0 saturated carbocycles. The number of rotatable bonds is 10. The number of likely N-dealkylation sites (tertiary alicyclic amines) is 1. The molecule has 1 fully saturated rings. The summed E-state index contributed by atoms with van der Waals surface area (Å²) in [6.07, 6.45) is 4.76. The second-order valence-corrected chi connectivity index (χ2v) is 12.8. The van der Waals surface area contributed by atoms with Crippen LogP contribution >= 0.6 is 0 Å². The van der Waals surface area contributed by atoms with Gasteiger partial charge in [0.15, 0.2) is 0 Å². The number of aliphatic hydroxyl groups is 1. The zero-order valence-electron chi connectivity index (χ0n) is 23.1. The molecule has 0 amide bonds.